The van der Waals surface area contributed by atoms with Crippen molar-refractivity contribution in [3.05, 3.63) is 18.0 Å². The molecule has 5 nitrogen and oxygen atoms in total. The lowest BCUT2D eigenvalue weighted by Crippen LogP contribution is -2.16. The topological polar surface area (TPSA) is 64.1 Å². The summed E-state index contributed by atoms with van der Waals surface area (Å²) in [7, 11) is 1.34. The van der Waals surface area contributed by atoms with Crippen LogP contribution in [0.3, 0.4) is 0 Å². The highest BCUT2D eigenvalue weighted by Crippen LogP contribution is 2.11. The van der Waals surface area contributed by atoms with Crippen LogP contribution in [0.1, 0.15) is 25.3 Å². The second-order valence-electron chi connectivity index (χ2n) is 3.42. The number of hydrogen-bond donors (Lipinski definition) is 1. The fourth-order valence-electron chi connectivity index (χ4n) is 0.951. The smallest absolute Gasteiger partial charge is 0.325 e. The van der Waals surface area contributed by atoms with Crippen molar-refractivity contribution in [3.8, 4) is 0 Å². The minimum absolute atomic E-state index is 0.0809. The van der Waals surface area contributed by atoms with Crippen molar-refractivity contribution in [1.29, 1.82) is 0 Å². The van der Waals surface area contributed by atoms with Gasteiger partial charge in [0.25, 0.3) is 0 Å². The monoisotopic (exact) mass is 209 g/mol. The minimum Gasteiger partial charge on any atom is -0.468 e. The molecule has 0 unspecified atom stereocenters. The van der Waals surface area contributed by atoms with Crippen LogP contribution in [-0.4, -0.2) is 29.6 Å². The molecule has 5 heteroatoms. The Morgan fingerprint density at radius 1 is 1.47 bits per heavy atom. The maximum absolute atomic E-state index is 10.8. The Morgan fingerprint density at radius 2 is 2.07 bits per heavy atom. The first-order valence-corrected chi connectivity index (χ1v) is 4.76. The summed E-state index contributed by atoms with van der Waals surface area (Å²) in [5, 5.41) is 2.76. The predicted octanol–water partition coefficient (Wildman–Crippen LogP) is 1.18. The van der Waals surface area contributed by atoms with Gasteiger partial charge >= 0.3 is 5.97 Å². The normalized spacial score (nSPS) is 10.1. The third-order valence-corrected chi connectivity index (χ3v) is 1.96. The van der Waals surface area contributed by atoms with Gasteiger partial charge in [-0.05, 0) is 11.5 Å². The SMILES string of the molecule is COC(=O)CNc1ncc(C(C)C)cn1. The summed E-state index contributed by atoms with van der Waals surface area (Å²) < 4.78 is 4.48. The van der Waals surface area contributed by atoms with E-state index in [9.17, 15) is 4.79 Å². The number of nitrogens with one attached hydrogen (secondary N) is 1. The first-order chi connectivity index (χ1) is 7.13. The van der Waals surface area contributed by atoms with Gasteiger partial charge < -0.3 is 10.1 Å². The summed E-state index contributed by atoms with van der Waals surface area (Å²) >= 11 is 0. The van der Waals surface area contributed by atoms with Gasteiger partial charge in [-0.25, -0.2) is 9.97 Å². The summed E-state index contributed by atoms with van der Waals surface area (Å²) in [6, 6.07) is 0. The minimum atomic E-state index is -0.341. The number of hydrogen-bond acceptors (Lipinski definition) is 5. The van der Waals surface area contributed by atoms with Crippen LogP contribution in [0.25, 0.3) is 0 Å². The second-order valence-corrected chi connectivity index (χ2v) is 3.42. The van der Waals surface area contributed by atoms with E-state index in [0.29, 0.717) is 11.9 Å². The number of esters is 1. The van der Waals surface area contributed by atoms with Gasteiger partial charge in [0, 0.05) is 12.4 Å². The van der Waals surface area contributed by atoms with Crippen LogP contribution < -0.4 is 5.32 Å². The van der Waals surface area contributed by atoms with E-state index in [4.69, 9.17) is 0 Å². The molecule has 1 aromatic heterocycles. The molecule has 0 atom stereocenters. The Hall–Kier alpha value is -1.65. The molecule has 0 aliphatic carbocycles. The average molecular weight is 209 g/mol. The number of methoxy groups -OCH3 is 1. The molecule has 0 aliphatic rings. The predicted molar refractivity (Wildman–Crippen MR) is 56.6 cm³/mol. The Morgan fingerprint density at radius 3 is 2.53 bits per heavy atom. The fraction of sp³-hybridized carbons (Fsp3) is 0.500. The largest absolute Gasteiger partial charge is 0.468 e. The lowest BCUT2D eigenvalue weighted by molar-refractivity contribution is -0.138. The molecule has 0 saturated carbocycles. The summed E-state index contributed by atoms with van der Waals surface area (Å²) in [6.07, 6.45) is 3.49. The molecular weight excluding hydrogens is 194 g/mol. The highest BCUT2D eigenvalue weighted by atomic mass is 16.5. The zero-order valence-corrected chi connectivity index (χ0v) is 9.15. The van der Waals surface area contributed by atoms with Gasteiger partial charge in [-0.3, -0.25) is 4.79 Å². The van der Waals surface area contributed by atoms with E-state index in [1.807, 2.05) is 0 Å². The third kappa shape index (κ3) is 3.53. The van der Waals surface area contributed by atoms with E-state index in [-0.39, 0.29) is 12.5 Å². The molecule has 0 bridgehead atoms. The van der Waals surface area contributed by atoms with Crippen LogP contribution in [0.5, 0.6) is 0 Å². The Bertz CT molecular complexity index is 322. The molecular formula is C10H15N3O2. The summed E-state index contributed by atoms with van der Waals surface area (Å²) in [4.78, 5) is 19.0. The Labute approximate surface area is 88.9 Å². The molecule has 0 fully saturated rings. The van der Waals surface area contributed by atoms with Gasteiger partial charge in [0.2, 0.25) is 5.95 Å². The zero-order valence-electron chi connectivity index (χ0n) is 9.15. The van der Waals surface area contributed by atoms with Crippen molar-refractivity contribution in [2.45, 2.75) is 19.8 Å². The second kappa shape index (κ2) is 5.29. The van der Waals surface area contributed by atoms with Crippen molar-refractivity contribution < 1.29 is 9.53 Å². The first kappa shape index (κ1) is 11.4. The highest BCUT2D eigenvalue weighted by molar-refractivity contribution is 5.73. The van der Waals surface area contributed by atoms with Crippen molar-refractivity contribution in [3.63, 3.8) is 0 Å². The third-order valence-electron chi connectivity index (χ3n) is 1.96. The molecule has 0 aromatic carbocycles. The van der Waals surface area contributed by atoms with Crippen molar-refractivity contribution in [1.82, 2.24) is 9.97 Å². The van der Waals surface area contributed by atoms with Gasteiger partial charge in [-0.1, -0.05) is 13.8 Å². The number of ether oxygens (including phenoxy) is 1. The standard InChI is InChI=1S/C10H15N3O2/c1-7(2)8-4-11-10(12-5-8)13-6-9(14)15-3/h4-5,7H,6H2,1-3H3,(H,11,12,13). The van der Waals surface area contributed by atoms with Crippen LogP contribution in [0.2, 0.25) is 0 Å². The van der Waals surface area contributed by atoms with Crippen molar-refractivity contribution >= 4 is 11.9 Å². The molecule has 82 valence electrons. The molecule has 0 radical (unpaired) electrons. The summed E-state index contributed by atoms with van der Waals surface area (Å²) in [5.41, 5.74) is 1.07. The zero-order chi connectivity index (χ0) is 11.3. The molecule has 15 heavy (non-hydrogen) atoms. The van der Waals surface area contributed by atoms with E-state index >= 15 is 0 Å². The van der Waals surface area contributed by atoms with Gasteiger partial charge in [-0.15, -0.1) is 0 Å². The van der Waals surface area contributed by atoms with Gasteiger partial charge in [-0.2, -0.15) is 0 Å². The molecule has 1 aromatic rings. The average Bonchev–Trinajstić information content (AvgIpc) is 2.26. The van der Waals surface area contributed by atoms with Crippen LogP contribution in [-0.2, 0) is 9.53 Å². The number of nitrogens with zero attached hydrogens (tertiary/aromatic N) is 2. The van der Waals surface area contributed by atoms with E-state index in [1.165, 1.54) is 7.11 Å². The fourth-order valence-corrected chi connectivity index (χ4v) is 0.951. The number of carbonyl (C=O) groups excluding carboxylic acids is 1. The van der Waals surface area contributed by atoms with E-state index < -0.39 is 0 Å². The first-order valence-electron chi connectivity index (χ1n) is 4.76. The van der Waals surface area contributed by atoms with E-state index in [1.54, 1.807) is 12.4 Å². The number of rotatable bonds is 4. The molecule has 0 aliphatic heterocycles. The van der Waals surface area contributed by atoms with Gasteiger partial charge in [0.1, 0.15) is 6.54 Å². The molecule has 1 rings (SSSR count). The molecule has 1 N–H and O–H groups in total. The summed E-state index contributed by atoms with van der Waals surface area (Å²) in [5.74, 6) is 0.496. The van der Waals surface area contributed by atoms with Crippen LogP contribution >= 0.6 is 0 Å². The van der Waals surface area contributed by atoms with Crippen LogP contribution in [0.4, 0.5) is 5.95 Å². The van der Waals surface area contributed by atoms with E-state index in [0.717, 1.165) is 5.56 Å². The lowest BCUT2D eigenvalue weighted by Gasteiger charge is -2.06. The van der Waals surface area contributed by atoms with Gasteiger partial charge in [0.15, 0.2) is 0 Å². The van der Waals surface area contributed by atoms with E-state index in [2.05, 4.69) is 33.9 Å². The Balaban J connectivity index is 2.53. The maximum atomic E-state index is 10.8. The lowest BCUT2D eigenvalue weighted by atomic mass is 10.1. The number of anilines is 1. The Kier molecular flexibility index (Phi) is 4.03. The van der Waals surface area contributed by atoms with Crippen LogP contribution in [0.15, 0.2) is 12.4 Å². The molecule has 1 heterocycles. The quantitative estimate of drug-likeness (QED) is 0.754. The number of aromatic nitrogens is 2. The number of carbonyl (C=O) groups is 1. The van der Waals surface area contributed by atoms with Crippen molar-refractivity contribution in [2.75, 3.05) is 19.0 Å². The van der Waals surface area contributed by atoms with Crippen molar-refractivity contribution in [2.24, 2.45) is 0 Å². The molecule has 0 amide bonds. The molecule has 0 saturated heterocycles. The molecule has 0 spiro atoms. The highest BCUT2D eigenvalue weighted by Gasteiger charge is 2.03. The van der Waals surface area contributed by atoms with Crippen LogP contribution in [0, 0.1) is 0 Å². The maximum Gasteiger partial charge on any atom is 0.325 e. The van der Waals surface area contributed by atoms with Gasteiger partial charge in [0.05, 0.1) is 7.11 Å². The summed E-state index contributed by atoms with van der Waals surface area (Å²) in [6.45, 7) is 4.22.